The molecule has 0 aromatic carbocycles. The Kier molecular flexibility index (Phi) is 5.58. The number of allylic oxidation sites excluding steroid dienone is 2. The van der Waals surface area contributed by atoms with Gasteiger partial charge in [-0.3, -0.25) is 14.4 Å². The fraction of sp³-hybridized carbons (Fsp3) is 0.625. The van der Waals surface area contributed by atoms with Crippen molar-refractivity contribution in [2.24, 2.45) is 11.8 Å². The van der Waals surface area contributed by atoms with Crippen LogP contribution in [-0.4, -0.2) is 57.5 Å². The molecule has 2 amide bonds. The molecule has 0 saturated carbocycles. The van der Waals surface area contributed by atoms with Crippen molar-refractivity contribution in [1.29, 1.82) is 0 Å². The number of aliphatic carboxylic acids is 2. The first kappa shape index (κ1) is 18.0. The third-order valence-corrected chi connectivity index (χ3v) is 4.64. The van der Waals surface area contributed by atoms with E-state index in [9.17, 15) is 24.3 Å². The van der Waals surface area contributed by atoms with Crippen LogP contribution < -0.4 is 5.32 Å². The molecule has 8 nitrogen and oxygen atoms in total. The molecule has 0 radical (unpaired) electrons. The van der Waals surface area contributed by atoms with Crippen molar-refractivity contribution < 1.29 is 29.4 Å². The van der Waals surface area contributed by atoms with E-state index in [2.05, 4.69) is 5.32 Å². The lowest BCUT2D eigenvalue weighted by atomic mass is 9.82. The number of hydrogen-bond donors (Lipinski definition) is 3. The molecule has 1 aliphatic heterocycles. The van der Waals surface area contributed by atoms with E-state index in [1.54, 1.807) is 12.2 Å². The predicted octanol–water partition coefficient (Wildman–Crippen LogP) is 0.234. The molecule has 1 saturated heterocycles. The summed E-state index contributed by atoms with van der Waals surface area (Å²) in [7, 11) is 0. The number of carboxylic acid groups (broad SMARTS) is 2. The van der Waals surface area contributed by atoms with Gasteiger partial charge in [-0.05, 0) is 32.6 Å². The lowest BCUT2D eigenvalue weighted by molar-refractivity contribution is -0.150. The second-order valence-electron chi connectivity index (χ2n) is 6.25. The molecule has 1 fully saturated rings. The minimum absolute atomic E-state index is 0.281. The topological polar surface area (TPSA) is 124 Å². The highest BCUT2D eigenvalue weighted by Gasteiger charge is 2.38. The molecular formula is C16H22N2O6. The predicted molar refractivity (Wildman–Crippen MR) is 83.0 cm³/mol. The Hall–Kier alpha value is -2.38. The zero-order chi connectivity index (χ0) is 17.9. The van der Waals surface area contributed by atoms with E-state index in [1.807, 2.05) is 0 Å². The molecule has 2 aliphatic rings. The van der Waals surface area contributed by atoms with E-state index in [0.717, 1.165) is 0 Å². The van der Waals surface area contributed by atoms with Gasteiger partial charge >= 0.3 is 11.9 Å². The Bertz CT molecular complexity index is 573. The minimum atomic E-state index is -1.05. The van der Waals surface area contributed by atoms with Gasteiger partial charge in [0.1, 0.15) is 12.1 Å². The summed E-state index contributed by atoms with van der Waals surface area (Å²) in [5.74, 6) is -4.57. The number of hydrogen-bond acceptors (Lipinski definition) is 4. The number of rotatable bonds is 5. The normalized spacial score (nSPS) is 27.5. The molecule has 8 heteroatoms. The van der Waals surface area contributed by atoms with Crippen LogP contribution in [0.5, 0.6) is 0 Å². The van der Waals surface area contributed by atoms with E-state index in [4.69, 9.17) is 5.11 Å². The van der Waals surface area contributed by atoms with Gasteiger partial charge in [0.05, 0.1) is 11.8 Å². The summed E-state index contributed by atoms with van der Waals surface area (Å²) in [5.41, 5.74) is 0. The molecule has 4 atom stereocenters. The van der Waals surface area contributed by atoms with Crippen LogP contribution in [0.25, 0.3) is 0 Å². The van der Waals surface area contributed by atoms with Gasteiger partial charge < -0.3 is 20.4 Å². The molecule has 132 valence electrons. The van der Waals surface area contributed by atoms with Crippen LogP contribution in [0.3, 0.4) is 0 Å². The maximum absolute atomic E-state index is 12.4. The molecule has 0 aromatic heterocycles. The van der Waals surface area contributed by atoms with Gasteiger partial charge in [-0.1, -0.05) is 12.2 Å². The summed E-state index contributed by atoms with van der Waals surface area (Å²) >= 11 is 0. The summed E-state index contributed by atoms with van der Waals surface area (Å²) in [4.78, 5) is 48.5. The summed E-state index contributed by atoms with van der Waals surface area (Å²) in [6.45, 7) is 1.84. The second-order valence-corrected chi connectivity index (χ2v) is 6.25. The van der Waals surface area contributed by atoms with Crippen LogP contribution in [0.15, 0.2) is 12.2 Å². The van der Waals surface area contributed by atoms with E-state index < -0.39 is 47.7 Å². The Morgan fingerprint density at radius 1 is 1.08 bits per heavy atom. The van der Waals surface area contributed by atoms with Gasteiger partial charge in [0.25, 0.3) is 0 Å². The molecule has 0 spiro atoms. The third kappa shape index (κ3) is 3.74. The van der Waals surface area contributed by atoms with E-state index >= 15 is 0 Å². The largest absolute Gasteiger partial charge is 0.481 e. The third-order valence-electron chi connectivity index (χ3n) is 4.64. The smallest absolute Gasteiger partial charge is 0.326 e. The monoisotopic (exact) mass is 338 g/mol. The maximum Gasteiger partial charge on any atom is 0.326 e. The molecule has 0 bridgehead atoms. The summed E-state index contributed by atoms with van der Waals surface area (Å²) in [6.07, 6.45) is 5.10. The van der Waals surface area contributed by atoms with Crippen molar-refractivity contribution in [3.63, 3.8) is 0 Å². The molecular weight excluding hydrogens is 316 g/mol. The standard InChI is InChI=1S/C16H22N2O6/c1-9(14(20)18-8-4-7-12(18)16(23)24)17-13(19)10-5-2-3-6-11(10)15(21)22/h2-3,9-12H,4-8H2,1H3,(H,17,19)(H,21,22)(H,23,24)/t9-,10+,11+,12-/m0/s1. The van der Waals surface area contributed by atoms with Gasteiger partial charge in [-0.15, -0.1) is 0 Å². The Balaban J connectivity index is 2.00. The SMILES string of the molecule is C[C@H](NC(=O)[C@@H]1CC=CC[C@H]1C(=O)O)C(=O)N1CCC[C@H]1C(=O)O. The van der Waals surface area contributed by atoms with E-state index in [-0.39, 0.29) is 6.42 Å². The summed E-state index contributed by atoms with van der Waals surface area (Å²) in [6, 6.07) is -1.75. The number of carbonyl (C=O) groups excluding carboxylic acids is 2. The van der Waals surface area contributed by atoms with Gasteiger partial charge in [-0.25, -0.2) is 4.79 Å². The highest BCUT2D eigenvalue weighted by molar-refractivity contribution is 5.92. The van der Waals surface area contributed by atoms with Gasteiger partial charge in [0.2, 0.25) is 11.8 Å². The number of amides is 2. The highest BCUT2D eigenvalue weighted by Crippen LogP contribution is 2.26. The van der Waals surface area contributed by atoms with Crippen molar-refractivity contribution in [1.82, 2.24) is 10.2 Å². The summed E-state index contributed by atoms with van der Waals surface area (Å²) < 4.78 is 0. The fourth-order valence-electron chi connectivity index (χ4n) is 3.30. The average Bonchev–Trinajstić information content (AvgIpc) is 3.03. The number of nitrogens with one attached hydrogen (secondary N) is 1. The van der Waals surface area contributed by atoms with Gasteiger partial charge in [0.15, 0.2) is 0 Å². The van der Waals surface area contributed by atoms with E-state index in [1.165, 1.54) is 11.8 Å². The fourth-order valence-corrected chi connectivity index (χ4v) is 3.30. The zero-order valence-corrected chi connectivity index (χ0v) is 13.5. The minimum Gasteiger partial charge on any atom is -0.481 e. The summed E-state index contributed by atoms with van der Waals surface area (Å²) in [5, 5.41) is 20.9. The molecule has 1 heterocycles. The zero-order valence-electron chi connectivity index (χ0n) is 13.5. The average molecular weight is 338 g/mol. The Morgan fingerprint density at radius 2 is 1.71 bits per heavy atom. The van der Waals surface area contributed by atoms with E-state index in [0.29, 0.717) is 25.8 Å². The number of likely N-dealkylation sites (tertiary alicyclic amines) is 1. The van der Waals surface area contributed by atoms with Crippen molar-refractivity contribution >= 4 is 23.8 Å². The first-order valence-electron chi connectivity index (χ1n) is 8.04. The Morgan fingerprint density at radius 3 is 2.29 bits per heavy atom. The maximum atomic E-state index is 12.4. The lowest BCUT2D eigenvalue weighted by Gasteiger charge is -2.28. The van der Waals surface area contributed by atoms with Gasteiger partial charge in [0, 0.05) is 6.54 Å². The van der Waals surface area contributed by atoms with Crippen LogP contribution >= 0.6 is 0 Å². The number of carbonyl (C=O) groups is 4. The molecule has 0 unspecified atom stereocenters. The quantitative estimate of drug-likeness (QED) is 0.617. The number of nitrogens with zero attached hydrogens (tertiary/aromatic N) is 1. The first-order chi connectivity index (χ1) is 11.3. The molecule has 24 heavy (non-hydrogen) atoms. The van der Waals surface area contributed by atoms with Crippen LogP contribution in [0.1, 0.15) is 32.6 Å². The van der Waals surface area contributed by atoms with Crippen LogP contribution in [-0.2, 0) is 19.2 Å². The van der Waals surface area contributed by atoms with Crippen LogP contribution in [0.2, 0.25) is 0 Å². The lowest BCUT2D eigenvalue weighted by Crippen LogP contribution is -2.52. The Labute approximate surface area is 139 Å². The van der Waals surface area contributed by atoms with Crippen LogP contribution in [0.4, 0.5) is 0 Å². The van der Waals surface area contributed by atoms with Gasteiger partial charge in [-0.2, -0.15) is 0 Å². The molecule has 1 aliphatic carbocycles. The van der Waals surface area contributed by atoms with Crippen LogP contribution in [0, 0.1) is 11.8 Å². The van der Waals surface area contributed by atoms with Crippen molar-refractivity contribution in [2.75, 3.05) is 6.54 Å². The second kappa shape index (κ2) is 7.46. The molecule has 2 rings (SSSR count). The molecule has 3 N–H and O–H groups in total. The number of carboxylic acids is 2. The van der Waals surface area contributed by atoms with Crippen molar-refractivity contribution in [2.45, 2.75) is 44.7 Å². The first-order valence-corrected chi connectivity index (χ1v) is 8.04. The highest BCUT2D eigenvalue weighted by atomic mass is 16.4. The van der Waals surface area contributed by atoms with Crippen molar-refractivity contribution in [3.05, 3.63) is 12.2 Å². The molecule has 0 aromatic rings. The van der Waals surface area contributed by atoms with Crippen molar-refractivity contribution in [3.8, 4) is 0 Å².